The van der Waals surface area contributed by atoms with Crippen molar-refractivity contribution in [3.63, 3.8) is 0 Å². The van der Waals surface area contributed by atoms with Crippen LogP contribution in [0, 0.1) is 0 Å². The topological polar surface area (TPSA) is 0 Å². The average molecular weight is 193 g/mol. The molecule has 0 aliphatic rings. The Morgan fingerprint density at radius 2 is 1.45 bits per heavy atom. The maximum Gasteiger partial charge on any atom is 0.444 e. The molecule has 0 aromatic heterocycles. The molecule has 0 saturated heterocycles. The highest BCUT2D eigenvalue weighted by atomic mass is 35.5. The summed E-state index contributed by atoms with van der Waals surface area (Å²) in [5.41, 5.74) is 0. The minimum absolute atomic E-state index is 0.838. The fourth-order valence-corrected chi connectivity index (χ4v) is 0.302. The molecule has 0 aliphatic carbocycles. The third-order valence-electron chi connectivity index (χ3n) is 0.551. The van der Waals surface area contributed by atoms with Gasteiger partial charge in [0, 0.05) is 0 Å². The second-order valence-corrected chi connectivity index (χ2v) is 1.91. The van der Waals surface area contributed by atoms with Gasteiger partial charge in [-0.15, -0.1) is 0 Å². The van der Waals surface area contributed by atoms with Crippen LogP contribution in [0.15, 0.2) is 10.9 Å². The SMILES string of the molecule is C/C(Cl)=C(\F)C(F)(F)F.CC. The predicted octanol–water partition coefficient (Wildman–Crippen LogP) is 4.01. The molecular formula is C6H9ClF4. The summed E-state index contributed by atoms with van der Waals surface area (Å²) in [5, 5.41) is -0.873. The van der Waals surface area contributed by atoms with E-state index in [-0.39, 0.29) is 0 Å². The smallest absolute Gasteiger partial charge is 0.200 e. The lowest BCUT2D eigenvalue weighted by atomic mass is 10.5. The van der Waals surface area contributed by atoms with Crippen LogP contribution in [0.4, 0.5) is 17.6 Å². The summed E-state index contributed by atoms with van der Waals surface area (Å²) < 4.78 is 45.2. The van der Waals surface area contributed by atoms with E-state index in [1.165, 1.54) is 0 Å². The van der Waals surface area contributed by atoms with E-state index in [0.717, 1.165) is 6.92 Å². The molecular weight excluding hydrogens is 184 g/mol. The van der Waals surface area contributed by atoms with Crippen LogP contribution in [-0.4, -0.2) is 6.18 Å². The Morgan fingerprint density at radius 1 is 1.18 bits per heavy atom. The molecule has 0 bridgehead atoms. The standard InChI is InChI=1S/C4H3ClF4.C2H6/c1-2(5)3(6)4(7,8)9;1-2/h1H3;1-2H3/b3-2+;. The Kier molecular flexibility index (Phi) is 6.56. The Labute approximate surface area is 67.8 Å². The third kappa shape index (κ3) is 6.16. The van der Waals surface area contributed by atoms with E-state index >= 15 is 0 Å². The summed E-state index contributed by atoms with van der Waals surface area (Å²) in [4.78, 5) is 0. The Balaban J connectivity index is 0. The van der Waals surface area contributed by atoms with Gasteiger partial charge in [0.25, 0.3) is 0 Å². The van der Waals surface area contributed by atoms with Crippen LogP contribution >= 0.6 is 11.6 Å². The van der Waals surface area contributed by atoms with Gasteiger partial charge in [0.05, 0.1) is 5.03 Å². The van der Waals surface area contributed by atoms with Crippen LogP contribution in [0.3, 0.4) is 0 Å². The van der Waals surface area contributed by atoms with Crippen LogP contribution in [0.2, 0.25) is 0 Å². The highest BCUT2D eigenvalue weighted by molar-refractivity contribution is 6.29. The normalized spacial score (nSPS) is 13.1. The molecule has 0 nitrogen and oxygen atoms in total. The number of hydrogen-bond donors (Lipinski definition) is 0. The predicted molar refractivity (Wildman–Crippen MR) is 37.1 cm³/mol. The maximum atomic E-state index is 11.7. The van der Waals surface area contributed by atoms with Gasteiger partial charge >= 0.3 is 6.18 Å². The molecule has 0 heterocycles. The Hall–Kier alpha value is -0.250. The molecule has 0 atom stereocenters. The zero-order valence-electron chi connectivity index (χ0n) is 6.39. The van der Waals surface area contributed by atoms with Gasteiger partial charge in [-0.05, 0) is 6.92 Å². The fourth-order valence-electron chi connectivity index (χ4n) is 0.195. The number of allylic oxidation sites excluding steroid dienone is 2. The fraction of sp³-hybridized carbons (Fsp3) is 0.667. The van der Waals surface area contributed by atoms with Crippen molar-refractivity contribution in [2.24, 2.45) is 0 Å². The van der Waals surface area contributed by atoms with Crippen LogP contribution in [-0.2, 0) is 0 Å². The van der Waals surface area contributed by atoms with Gasteiger partial charge in [-0.25, -0.2) is 4.39 Å². The summed E-state index contributed by atoms with van der Waals surface area (Å²) in [5.74, 6) is -2.23. The second kappa shape index (κ2) is 5.41. The zero-order chi connectivity index (χ0) is 9.65. The lowest BCUT2D eigenvalue weighted by Crippen LogP contribution is -2.08. The first-order valence-electron chi connectivity index (χ1n) is 2.94. The van der Waals surface area contributed by atoms with E-state index < -0.39 is 17.0 Å². The Bertz CT molecular complexity index is 132. The molecule has 0 aromatic carbocycles. The molecule has 0 unspecified atom stereocenters. The van der Waals surface area contributed by atoms with Crippen LogP contribution in [0.5, 0.6) is 0 Å². The average Bonchev–Trinajstić information content (AvgIpc) is 1.89. The van der Waals surface area contributed by atoms with Crippen molar-refractivity contribution < 1.29 is 17.6 Å². The monoisotopic (exact) mass is 192 g/mol. The van der Waals surface area contributed by atoms with E-state index in [2.05, 4.69) is 0 Å². The van der Waals surface area contributed by atoms with Gasteiger partial charge in [-0.2, -0.15) is 13.2 Å². The summed E-state index contributed by atoms with van der Waals surface area (Å²) in [6, 6.07) is 0. The van der Waals surface area contributed by atoms with Crippen molar-refractivity contribution >= 4 is 11.6 Å². The highest BCUT2D eigenvalue weighted by Crippen LogP contribution is 2.30. The number of halogens is 5. The van der Waals surface area contributed by atoms with Crippen molar-refractivity contribution in [2.45, 2.75) is 26.9 Å². The molecule has 0 spiro atoms. The van der Waals surface area contributed by atoms with E-state index in [1.54, 1.807) is 0 Å². The largest absolute Gasteiger partial charge is 0.444 e. The van der Waals surface area contributed by atoms with Gasteiger partial charge in [0.1, 0.15) is 0 Å². The Morgan fingerprint density at radius 3 is 1.45 bits per heavy atom. The maximum absolute atomic E-state index is 11.7. The van der Waals surface area contributed by atoms with Gasteiger partial charge in [-0.3, -0.25) is 0 Å². The molecule has 0 rings (SSSR count). The quantitative estimate of drug-likeness (QED) is 0.509. The van der Waals surface area contributed by atoms with Crippen LogP contribution < -0.4 is 0 Å². The van der Waals surface area contributed by atoms with Crippen LogP contribution in [0.1, 0.15) is 20.8 Å². The van der Waals surface area contributed by atoms with Crippen molar-refractivity contribution in [3.8, 4) is 0 Å². The molecule has 0 saturated carbocycles. The van der Waals surface area contributed by atoms with Gasteiger partial charge < -0.3 is 0 Å². The summed E-state index contributed by atoms with van der Waals surface area (Å²) in [7, 11) is 0. The number of hydrogen-bond acceptors (Lipinski definition) is 0. The molecule has 0 N–H and O–H groups in total. The summed E-state index contributed by atoms with van der Waals surface area (Å²) in [6.45, 7) is 4.84. The molecule has 5 heteroatoms. The third-order valence-corrected chi connectivity index (χ3v) is 0.717. The van der Waals surface area contributed by atoms with Crippen molar-refractivity contribution in [2.75, 3.05) is 0 Å². The van der Waals surface area contributed by atoms with Gasteiger partial charge in [-0.1, -0.05) is 25.4 Å². The first kappa shape index (κ1) is 13.3. The summed E-state index contributed by atoms with van der Waals surface area (Å²) >= 11 is 4.70. The number of rotatable bonds is 0. The molecule has 0 amide bonds. The minimum atomic E-state index is -4.94. The first-order valence-corrected chi connectivity index (χ1v) is 3.32. The lowest BCUT2D eigenvalue weighted by molar-refractivity contribution is -0.109. The second-order valence-electron chi connectivity index (χ2n) is 1.35. The van der Waals surface area contributed by atoms with Crippen LogP contribution in [0.25, 0.3) is 0 Å². The molecule has 0 radical (unpaired) electrons. The summed E-state index contributed by atoms with van der Waals surface area (Å²) in [6.07, 6.45) is -4.94. The van der Waals surface area contributed by atoms with E-state index in [4.69, 9.17) is 11.6 Å². The molecule has 0 fully saturated rings. The molecule has 68 valence electrons. The van der Waals surface area contributed by atoms with Gasteiger partial charge in [0.2, 0.25) is 5.83 Å². The van der Waals surface area contributed by atoms with Crippen molar-refractivity contribution in [1.82, 2.24) is 0 Å². The first-order chi connectivity index (χ1) is 4.85. The molecule has 11 heavy (non-hydrogen) atoms. The van der Waals surface area contributed by atoms with E-state index in [0.29, 0.717) is 0 Å². The van der Waals surface area contributed by atoms with E-state index in [9.17, 15) is 17.6 Å². The number of alkyl halides is 3. The highest BCUT2D eigenvalue weighted by Gasteiger charge is 2.35. The van der Waals surface area contributed by atoms with E-state index in [1.807, 2.05) is 13.8 Å². The minimum Gasteiger partial charge on any atom is -0.200 e. The van der Waals surface area contributed by atoms with Crippen molar-refractivity contribution in [1.29, 1.82) is 0 Å². The molecule has 0 aromatic rings. The zero-order valence-corrected chi connectivity index (χ0v) is 7.15. The lowest BCUT2D eigenvalue weighted by Gasteiger charge is -2.01. The van der Waals surface area contributed by atoms with Gasteiger partial charge in [0.15, 0.2) is 0 Å². The molecule has 0 aliphatic heterocycles. The van der Waals surface area contributed by atoms with Crippen molar-refractivity contribution in [3.05, 3.63) is 10.9 Å².